The van der Waals surface area contributed by atoms with Crippen LogP contribution in [0.3, 0.4) is 0 Å². The first-order valence-electron chi connectivity index (χ1n) is 6.64. The molecule has 2 rings (SSSR count). The minimum absolute atomic E-state index is 0.0787. The van der Waals surface area contributed by atoms with Crippen molar-refractivity contribution in [3.05, 3.63) is 45.9 Å². The van der Waals surface area contributed by atoms with Crippen molar-refractivity contribution in [3.8, 4) is 0 Å². The first-order chi connectivity index (χ1) is 10.3. The minimum atomic E-state index is -3.69. The van der Waals surface area contributed by atoms with Crippen molar-refractivity contribution in [3.63, 3.8) is 0 Å². The van der Waals surface area contributed by atoms with E-state index in [9.17, 15) is 13.2 Å². The highest BCUT2D eigenvalue weighted by molar-refractivity contribution is 7.89. The van der Waals surface area contributed by atoms with E-state index in [-0.39, 0.29) is 9.77 Å². The average Bonchev–Trinajstić information content (AvgIpc) is 2.97. The van der Waals surface area contributed by atoms with Crippen LogP contribution < -0.4 is 4.72 Å². The van der Waals surface area contributed by atoms with Gasteiger partial charge in [0.05, 0.1) is 17.1 Å². The van der Waals surface area contributed by atoms with Crippen molar-refractivity contribution in [1.29, 1.82) is 0 Å². The molecule has 0 aliphatic carbocycles. The first-order valence-corrected chi connectivity index (χ1v) is 8.94. The topological polar surface area (TPSA) is 96.4 Å². The van der Waals surface area contributed by atoms with Crippen molar-refractivity contribution in [2.24, 2.45) is 0 Å². The van der Waals surface area contributed by atoms with Crippen LogP contribution in [-0.4, -0.2) is 24.5 Å². The summed E-state index contributed by atoms with van der Waals surface area (Å²) < 4.78 is 27.5. The van der Waals surface area contributed by atoms with Crippen LogP contribution in [0.1, 0.15) is 40.1 Å². The molecule has 1 aromatic heterocycles. The average molecular weight is 340 g/mol. The molecular weight excluding hydrogens is 324 g/mol. The Morgan fingerprint density at radius 2 is 2.09 bits per heavy atom. The molecule has 8 heteroatoms. The van der Waals surface area contributed by atoms with Crippen molar-refractivity contribution in [2.75, 3.05) is 0 Å². The Labute approximate surface area is 132 Å². The molecule has 0 bridgehead atoms. The molecule has 1 unspecified atom stereocenters. The van der Waals surface area contributed by atoms with Crippen LogP contribution in [0.2, 0.25) is 0 Å². The maximum Gasteiger partial charge on any atom is 0.347 e. The van der Waals surface area contributed by atoms with Gasteiger partial charge in [-0.15, -0.1) is 11.3 Å². The van der Waals surface area contributed by atoms with Crippen molar-refractivity contribution in [2.45, 2.75) is 31.2 Å². The summed E-state index contributed by atoms with van der Waals surface area (Å²) in [5.74, 6) is -1.07. The highest BCUT2D eigenvalue weighted by atomic mass is 32.2. The van der Waals surface area contributed by atoms with Gasteiger partial charge < -0.3 is 5.11 Å². The van der Waals surface area contributed by atoms with Crippen LogP contribution in [0.25, 0.3) is 0 Å². The van der Waals surface area contributed by atoms with Crippen molar-refractivity contribution >= 4 is 27.3 Å². The molecule has 2 N–H and O–H groups in total. The van der Waals surface area contributed by atoms with Gasteiger partial charge in [0.1, 0.15) is 9.88 Å². The molecule has 1 atom stereocenters. The van der Waals surface area contributed by atoms with Crippen LogP contribution in [0.4, 0.5) is 0 Å². The van der Waals surface area contributed by atoms with Crippen molar-refractivity contribution in [1.82, 2.24) is 9.71 Å². The molecule has 22 heavy (non-hydrogen) atoms. The monoisotopic (exact) mass is 340 g/mol. The third-order valence-electron chi connectivity index (χ3n) is 3.08. The summed E-state index contributed by atoms with van der Waals surface area (Å²) in [4.78, 5) is 15.1. The number of carboxylic acids is 1. The van der Waals surface area contributed by atoms with Gasteiger partial charge in [-0.3, -0.25) is 0 Å². The number of nitrogens with zero attached hydrogens (tertiary/aromatic N) is 1. The third-order valence-corrected chi connectivity index (χ3v) is 5.89. The summed E-state index contributed by atoms with van der Waals surface area (Å²) in [5.41, 5.74) is 0.729. The molecule has 2 aromatic rings. The van der Waals surface area contributed by atoms with Gasteiger partial charge in [-0.2, -0.15) is 0 Å². The number of hydrogen-bond acceptors (Lipinski definition) is 5. The number of benzene rings is 1. The summed E-state index contributed by atoms with van der Waals surface area (Å²) in [6.07, 6.45) is 1.83. The van der Waals surface area contributed by atoms with E-state index < -0.39 is 22.0 Å². The maximum absolute atomic E-state index is 12.5. The fraction of sp³-hybridized carbons (Fsp3) is 0.286. The largest absolute Gasteiger partial charge is 0.477 e. The second kappa shape index (κ2) is 6.55. The number of nitrogens with one attached hydrogen (secondary N) is 1. The Morgan fingerprint density at radius 3 is 2.68 bits per heavy atom. The lowest BCUT2D eigenvalue weighted by molar-refractivity contribution is 0.0702. The fourth-order valence-electron chi connectivity index (χ4n) is 1.99. The zero-order valence-corrected chi connectivity index (χ0v) is 13.7. The summed E-state index contributed by atoms with van der Waals surface area (Å²) in [6, 6.07) is 6.18. The molecule has 1 heterocycles. The SMILES string of the molecule is CCc1ccccc1S(=O)(=O)NC(C)c1ncc(C(=O)O)s1. The van der Waals surface area contributed by atoms with Gasteiger partial charge in [-0.25, -0.2) is 22.9 Å². The Balaban J connectivity index is 2.25. The van der Waals surface area contributed by atoms with Crippen LogP contribution in [0.5, 0.6) is 0 Å². The van der Waals surface area contributed by atoms with E-state index in [4.69, 9.17) is 5.11 Å². The van der Waals surface area contributed by atoms with Gasteiger partial charge in [0.25, 0.3) is 0 Å². The molecule has 0 saturated heterocycles. The first kappa shape index (κ1) is 16.6. The van der Waals surface area contributed by atoms with Gasteiger partial charge in [0.15, 0.2) is 0 Å². The Hall–Kier alpha value is -1.77. The lowest BCUT2D eigenvalue weighted by Gasteiger charge is -2.14. The maximum atomic E-state index is 12.5. The van der Waals surface area contributed by atoms with Crippen molar-refractivity contribution < 1.29 is 18.3 Å². The molecule has 0 aliphatic heterocycles. The molecule has 0 amide bonds. The highest BCUT2D eigenvalue weighted by Gasteiger charge is 2.23. The minimum Gasteiger partial charge on any atom is -0.477 e. The Morgan fingerprint density at radius 1 is 1.41 bits per heavy atom. The zero-order valence-electron chi connectivity index (χ0n) is 12.1. The lowest BCUT2D eigenvalue weighted by Crippen LogP contribution is -2.27. The molecule has 0 fully saturated rings. The number of aromatic nitrogens is 1. The molecule has 118 valence electrons. The van der Waals surface area contributed by atoms with Gasteiger partial charge >= 0.3 is 5.97 Å². The van der Waals surface area contributed by atoms with Gasteiger partial charge in [0, 0.05) is 0 Å². The van der Waals surface area contributed by atoms with Crippen LogP contribution in [0.15, 0.2) is 35.4 Å². The van der Waals surface area contributed by atoms with E-state index in [0.717, 1.165) is 16.9 Å². The third kappa shape index (κ3) is 3.52. The highest BCUT2D eigenvalue weighted by Crippen LogP contribution is 2.23. The van der Waals surface area contributed by atoms with E-state index in [1.165, 1.54) is 6.20 Å². The zero-order chi connectivity index (χ0) is 16.3. The molecule has 6 nitrogen and oxygen atoms in total. The molecule has 0 radical (unpaired) electrons. The molecule has 1 aromatic carbocycles. The van der Waals surface area contributed by atoms with E-state index in [1.54, 1.807) is 31.2 Å². The number of rotatable bonds is 6. The quantitative estimate of drug-likeness (QED) is 0.842. The van der Waals surface area contributed by atoms with E-state index in [0.29, 0.717) is 11.4 Å². The predicted octanol–water partition coefficient (Wildman–Crippen LogP) is 2.44. The standard InChI is InChI=1S/C14H16N2O4S2/c1-3-10-6-4-5-7-12(10)22(19,20)16-9(2)13-15-8-11(21-13)14(17)18/h4-9,16H,3H2,1-2H3,(H,17,18). The number of aryl methyl sites for hydroxylation is 1. The summed E-state index contributed by atoms with van der Waals surface area (Å²) in [6.45, 7) is 3.52. The molecule has 0 aliphatic rings. The summed E-state index contributed by atoms with van der Waals surface area (Å²) >= 11 is 0.957. The second-order valence-corrected chi connectivity index (χ2v) is 7.42. The van der Waals surface area contributed by atoms with E-state index in [1.807, 2.05) is 6.92 Å². The number of sulfonamides is 1. The normalized spacial score (nSPS) is 13.0. The summed E-state index contributed by atoms with van der Waals surface area (Å²) in [7, 11) is -3.69. The van der Waals surface area contributed by atoms with Crippen LogP contribution in [0, 0.1) is 0 Å². The van der Waals surface area contributed by atoms with E-state index >= 15 is 0 Å². The Bertz CT molecular complexity index is 784. The number of carboxylic acid groups (broad SMARTS) is 1. The lowest BCUT2D eigenvalue weighted by atomic mass is 10.2. The second-order valence-electron chi connectivity index (χ2n) is 4.67. The van der Waals surface area contributed by atoms with Gasteiger partial charge in [0.2, 0.25) is 10.0 Å². The summed E-state index contributed by atoms with van der Waals surface area (Å²) in [5, 5.41) is 9.30. The molecular formula is C14H16N2O4S2. The number of thiazole rings is 1. The molecule has 0 saturated carbocycles. The Kier molecular flexibility index (Phi) is 4.94. The van der Waals surface area contributed by atoms with Gasteiger partial charge in [-0.05, 0) is 25.0 Å². The van der Waals surface area contributed by atoms with Crippen LogP contribution >= 0.6 is 11.3 Å². The van der Waals surface area contributed by atoms with Crippen LogP contribution in [-0.2, 0) is 16.4 Å². The van der Waals surface area contributed by atoms with Gasteiger partial charge in [-0.1, -0.05) is 25.1 Å². The molecule has 0 spiro atoms. The fourth-order valence-corrected chi connectivity index (χ4v) is 4.34. The number of carbonyl (C=O) groups is 1. The van der Waals surface area contributed by atoms with E-state index in [2.05, 4.69) is 9.71 Å². The number of aromatic carboxylic acids is 1. The predicted molar refractivity (Wildman–Crippen MR) is 83.6 cm³/mol. The number of hydrogen-bond donors (Lipinski definition) is 2. The smallest absolute Gasteiger partial charge is 0.347 e.